The normalized spacial score (nSPS) is 23.1. The molecule has 0 saturated heterocycles. The van der Waals surface area contributed by atoms with Gasteiger partial charge in [0.05, 0.1) is 5.39 Å². The third-order valence-corrected chi connectivity index (χ3v) is 5.65. The number of nitrogens with one attached hydrogen (secondary N) is 1. The highest BCUT2D eigenvalue weighted by molar-refractivity contribution is 7.18. The maximum absolute atomic E-state index is 4.45. The molecule has 0 aromatic carbocycles. The minimum Gasteiger partial charge on any atom is -0.369 e. The fourth-order valence-corrected chi connectivity index (χ4v) is 4.07. The number of hydrogen-bond acceptors (Lipinski definition) is 4. The lowest BCUT2D eigenvalue weighted by Gasteiger charge is -2.16. The van der Waals surface area contributed by atoms with Gasteiger partial charge in [0.1, 0.15) is 17.0 Å². The van der Waals surface area contributed by atoms with Crippen LogP contribution in [0.1, 0.15) is 36.6 Å². The molecule has 3 nitrogen and oxygen atoms in total. The largest absolute Gasteiger partial charge is 0.369 e. The van der Waals surface area contributed by atoms with E-state index < -0.39 is 0 Å². The minimum absolute atomic E-state index is 0.796. The van der Waals surface area contributed by atoms with Crippen LogP contribution in [0.5, 0.6) is 0 Å². The van der Waals surface area contributed by atoms with Crippen LogP contribution in [-0.2, 0) is 0 Å². The highest BCUT2D eigenvalue weighted by Gasteiger charge is 2.23. The number of hydrogen-bond donors (Lipinski definition) is 1. The molecule has 0 spiro atoms. The summed E-state index contributed by atoms with van der Waals surface area (Å²) in [7, 11) is 0. The molecule has 3 rings (SSSR count). The van der Waals surface area contributed by atoms with E-state index in [1.807, 2.05) is 0 Å². The zero-order valence-electron chi connectivity index (χ0n) is 11.9. The number of aromatic nitrogens is 2. The summed E-state index contributed by atoms with van der Waals surface area (Å²) in [6.45, 7) is 7.74. The molecule has 0 radical (unpaired) electrons. The van der Waals surface area contributed by atoms with Gasteiger partial charge in [0, 0.05) is 11.4 Å². The standard InChI is InChI=1S/C15H21N3S/c1-9-5-4-6-12(9)7-16-14-13-10(2)11(3)19-15(13)18-8-17-14/h8-9,12H,4-7H2,1-3H3,(H,16,17,18). The molecule has 2 aromatic rings. The summed E-state index contributed by atoms with van der Waals surface area (Å²) in [6, 6.07) is 0. The van der Waals surface area contributed by atoms with Gasteiger partial charge in [-0.2, -0.15) is 0 Å². The maximum atomic E-state index is 4.45. The maximum Gasteiger partial charge on any atom is 0.138 e. The van der Waals surface area contributed by atoms with Crippen LogP contribution in [0.25, 0.3) is 10.2 Å². The Morgan fingerprint density at radius 1 is 1.32 bits per heavy atom. The first-order valence-electron chi connectivity index (χ1n) is 7.11. The Morgan fingerprint density at radius 2 is 2.16 bits per heavy atom. The second-order valence-corrected chi connectivity index (χ2v) is 6.94. The third kappa shape index (κ3) is 2.34. The van der Waals surface area contributed by atoms with Crippen molar-refractivity contribution in [3.8, 4) is 0 Å². The summed E-state index contributed by atoms with van der Waals surface area (Å²) < 4.78 is 0. The molecule has 1 N–H and O–H groups in total. The van der Waals surface area contributed by atoms with Crippen molar-refractivity contribution < 1.29 is 0 Å². The summed E-state index contributed by atoms with van der Waals surface area (Å²) in [6.07, 6.45) is 5.79. The van der Waals surface area contributed by atoms with Crippen molar-refractivity contribution in [1.29, 1.82) is 0 Å². The molecule has 1 fully saturated rings. The Hall–Kier alpha value is -1.16. The molecule has 19 heavy (non-hydrogen) atoms. The molecule has 1 aliphatic carbocycles. The number of nitrogens with zero attached hydrogens (tertiary/aromatic N) is 2. The summed E-state index contributed by atoms with van der Waals surface area (Å²) in [5, 5.41) is 4.79. The zero-order valence-corrected chi connectivity index (χ0v) is 12.7. The first kappa shape index (κ1) is 12.9. The second kappa shape index (κ2) is 5.08. The Bertz CT molecular complexity index is 590. The Morgan fingerprint density at radius 3 is 2.89 bits per heavy atom. The van der Waals surface area contributed by atoms with Crippen molar-refractivity contribution in [2.75, 3.05) is 11.9 Å². The minimum atomic E-state index is 0.796. The molecular formula is C15H21N3S. The summed E-state index contributed by atoms with van der Waals surface area (Å²) in [5.41, 5.74) is 1.32. The fourth-order valence-electron chi connectivity index (χ4n) is 3.07. The number of thiophene rings is 1. The Balaban J connectivity index is 1.84. The average Bonchev–Trinajstić information content (AvgIpc) is 2.92. The van der Waals surface area contributed by atoms with Crippen LogP contribution in [0.15, 0.2) is 6.33 Å². The molecule has 1 saturated carbocycles. The average molecular weight is 275 g/mol. The smallest absolute Gasteiger partial charge is 0.138 e. The predicted molar refractivity (Wildman–Crippen MR) is 81.9 cm³/mol. The molecular weight excluding hydrogens is 254 g/mol. The predicted octanol–water partition coefficient (Wildman–Crippen LogP) is 4.16. The zero-order chi connectivity index (χ0) is 13.4. The highest BCUT2D eigenvalue weighted by Crippen LogP contribution is 2.34. The first-order valence-corrected chi connectivity index (χ1v) is 7.93. The molecule has 2 atom stereocenters. The molecule has 4 heteroatoms. The van der Waals surface area contributed by atoms with Crippen molar-refractivity contribution in [3.05, 3.63) is 16.8 Å². The van der Waals surface area contributed by atoms with Crippen LogP contribution >= 0.6 is 11.3 Å². The molecule has 102 valence electrons. The van der Waals surface area contributed by atoms with Crippen LogP contribution in [0, 0.1) is 25.7 Å². The molecule has 1 aliphatic rings. The van der Waals surface area contributed by atoms with Gasteiger partial charge < -0.3 is 5.32 Å². The van der Waals surface area contributed by atoms with Crippen LogP contribution in [-0.4, -0.2) is 16.5 Å². The van der Waals surface area contributed by atoms with Crippen LogP contribution in [0.2, 0.25) is 0 Å². The molecule has 2 heterocycles. The second-order valence-electron chi connectivity index (χ2n) is 5.73. The fraction of sp³-hybridized carbons (Fsp3) is 0.600. The molecule has 0 bridgehead atoms. The SMILES string of the molecule is Cc1sc2ncnc(NCC3CCCC3C)c2c1C. The number of anilines is 1. The highest BCUT2D eigenvalue weighted by atomic mass is 32.1. The van der Waals surface area contributed by atoms with E-state index in [4.69, 9.17) is 0 Å². The Labute approximate surface area is 118 Å². The van der Waals surface area contributed by atoms with Crippen LogP contribution < -0.4 is 5.32 Å². The van der Waals surface area contributed by atoms with Crippen molar-refractivity contribution in [1.82, 2.24) is 9.97 Å². The van der Waals surface area contributed by atoms with Crippen molar-refractivity contribution in [2.24, 2.45) is 11.8 Å². The van der Waals surface area contributed by atoms with E-state index in [-0.39, 0.29) is 0 Å². The van der Waals surface area contributed by atoms with E-state index in [9.17, 15) is 0 Å². The number of aryl methyl sites for hydroxylation is 2. The summed E-state index contributed by atoms with van der Waals surface area (Å²) in [5.74, 6) is 2.66. The first-order chi connectivity index (χ1) is 9.16. The number of fused-ring (bicyclic) bond motifs is 1. The van der Waals surface area contributed by atoms with Crippen molar-refractivity contribution >= 4 is 27.4 Å². The van der Waals surface area contributed by atoms with Gasteiger partial charge in [0.15, 0.2) is 0 Å². The van der Waals surface area contributed by atoms with E-state index in [1.165, 1.54) is 35.1 Å². The van der Waals surface area contributed by atoms with Crippen molar-refractivity contribution in [3.63, 3.8) is 0 Å². The monoisotopic (exact) mass is 275 g/mol. The lowest BCUT2D eigenvalue weighted by atomic mass is 9.98. The number of rotatable bonds is 3. The van der Waals surface area contributed by atoms with Crippen LogP contribution in [0.4, 0.5) is 5.82 Å². The summed E-state index contributed by atoms with van der Waals surface area (Å²) in [4.78, 5) is 11.3. The van der Waals surface area contributed by atoms with Gasteiger partial charge in [0.25, 0.3) is 0 Å². The quantitative estimate of drug-likeness (QED) is 0.914. The van der Waals surface area contributed by atoms with E-state index in [1.54, 1.807) is 17.7 Å². The lowest BCUT2D eigenvalue weighted by Crippen LogP contribution is -2.17. The lowest BCUT2D eigenvalue weighted by molar-refractivity contribution is 0.439. The topological polar surface area (TPSA) is 37.8 Å². The van der Waals surface area contributed by atoms with Crippen LogP contribution in [0.3, 0.4) is 0 Å². The molecule has 2 aromatic heterocycles. The van der Waals surface area contributed by atoms with E-state index in [2.05, 4.69) is 36.1 Å². The molecule has 0 amide bonds. The van der Waals surface area contributed by atoms with E-state index >= 15 is 0 Å². The van der Waals surface area contributed by atoms with Gasteiger partial charge in [-0.05, 0) is 37.7 Å². The Kier molecular flexibility index (Phi) is 3.44. The third-order valence-electron chi connectivity index (χ3n) is 4.54. The van der Waals surface area contributed by atoms with Gasteiger partial charge in [-0.25, -0.2) is 9.97 Å². The van der Waals surface area contributed by atoms with Gasteiger partial charge >= 0.3 is 0 Å². The van der Waals surface area contributed by atoms with Gasteiger partial charge in [-0.1, -0.05) is 19.8 Å². The van der Waals surface area contributed by atoms with Crippen molar-refractivity contribution in [2.45, 2.75) is 40.0 Å². The van der Waals surface area contributed by atoms with E-state index in [0.29, 0.717) is 0 Å². The van der Waals surface area contributed by atoms with E-state index in [0.717, 1.165) is 29.0 Å². The molecule has 0 aliphatic heterocycles. The van der Waals surface area contributed by atoms with Gasteiger partial charge in [-0.3, -0.25) is 0 Å². The van der Waals surface area contributed by atoms with Gasteiger partial charge in [-0.15, -0.1) is 11.3 Å². The molecule has 2 unspecified atom stereocenters. The van der Waals surface area contributed by atoms with Gasteiger partial charge in [0.2, 0.25) is 0 Å². The summed E-state index contributed by atoms with van der Waals surface area (Å²) >= 11 is 1.76.